The maximum Gasteiger partial charge on any atom is 0.326 e. The van der Waals surface area contributed by atoms with Gasteiger partial charge < -0.3 is 15.5 Å². The molecular formula is C13H15NO5. The molecule has 0 spiro atoms. The molecule has 0 aliphatic heterocycles. The molecule has 0 radical (unpaired) electrons. The lowest BCUT2D eigenvalue weighted by Gasteiger charge is -2.14. The number of carboxylic acids is 1. The highest BCUT2D eigenvalue weighted by Crippen LogP contribution is 2.11. The maximum absolute atomic E-state index is 11.4. The highest BCUT2D eigenvalue weighted by molar-refractivity contribution is 5.98. The predicted molar refractivity (Wildman–Crippen MR) is 66.7 cm³/mol. The van der Waals surface area contributed by atoms with E-state index in [0.717, 1.165) is 0 Å². The molecule has 0 saturated carbocycles. The minimum absolute atomic E-state index is 0.0799. The van der Waals surface area contributed by atoms with Gasteiger partial charge in [0.1, 0.15) is 17.6 Å². The summed E-state index contributed by atoms with van der Waals surface area (Å²) in [7, 11) is 0. The van der Waals surface area contributed by atoms with Crippen LogP contribution >= 0.6 is 0 Å². The third-order valence-corrected chi connectivity index (χ3v) is 2.42. The number of carbonyl (C=O) groups excluding carboxylic acids is 2. The fraction of sp³-hybridized carbons (Fsp3) is 0.308. The molecule has 6 heteroatoms. The number of benzene rings is 1. The molecule has 0 aliphatic rings. The Labute approximate surface area is 110 Å². The van der Waals surface area contributed by atoms with E-state index in [2.05, 4.69) is 5.32 Å². The van der Waals surface area contributed by atoms with Crippen molar-refractivity contribution >= 4 is 17.7 Å². The molecule has 1 aromatic carbocycles. The summed E-state index contributed by atoms with van der Waals surface area (Å²) in [4.78, 5) is 33.2. The molecule has 1 unspecified atom stereocenters. The molecule has 6 nitrogen and oxygen atoms in total. The molecule has 0 bridgehead atoms. The van der Waals surface area contributed by atoms with Crippen molar-refractivity contribution in [1.29, 1.82) is 0 Å². The summed E-state index contributed by atoms with van der Waals surface area (Å²) in [6.07, 6.45) is -0.251. The zero-order chi connectivity index (χ0) is 14.4. The topological polar surface area (TPSA) is 104 Å². The van der Waals surface area contributed by atoms with Crippen molar-refractivity contribution in [3.63, 3.8) is 0 Å². The Kier molecular flexibility index (Phi) is 5.05. The van der Waals surface area contributed by atoms with E-state index >= 15 is 0 Å². The molecule has 1 atom stereocenters. The van der Waals surface area contributed by atoms with Crippen LogP contribution in [0, 0.1) is 0 Å². The first kappa shape index (κ1) is 14.7. The van der Waals surface area contributed by atoms with Gasteiger partial charge in [0.25, 0.3) is 0 Å². The summed E-state index contributed by atoms with van der Waals surface area (Å²) in [6.45, 7) is 1.26. The Morgan fingerprint density at radius 1 is 1.21 bits per heavy atom. The first-order chi connectivity index (χ1) is 8.88. The number of nitrogens with one attached hydrogen (secondary N) is 1. The number of carbonyl (C=O) groups is 3. The SMILES string of the molecule is CC(=O)CC(=O)NC(Cc1ccc(O)cc1)C(=O)O. The van der Waals surface area contributed by atoms with Crippen molar-refractivity contribution in [2.75, 3.05) is 0 Å². The van der Waals surface area contributed by atoms with Crippen LogP contribution < -0.4 is 5.32 Å². The van der Waals surface area contributed by atoms with Gasteiger partial charge in [-0.3, -0.25) is 9.59 Å². The average molecular weight is 265 g/mol. The minimum atomic E-state index is -1.18. The van der Waals surface area contributed by atoms with E-state index in [9.17, 15) is 14.4 Å². The van der Waals surface area contributed by atoms with E-state index < -0.39 is 17.9 Å². The van der Waals surface area contributed by atoms with E-state index in [-0.39, 0.29) is 24.4 Å². The summed E-state index contributed by atoms with van der Waals surface area (Å²) in [5, 5.41) is 20.4. The number of ketones is 1. The fourth-order valence-electron chi connectivity index (χ4n) is 1.54. The number of carboxylic acid groups (broad SMARTS) is 1. The second-order valence-corrected chi connectivity index (χ2v) is 4.21. The number of Topliss-reactive ketones (excluding diaryl/α,β-unsaturated/α-hetero) is 1. The number of aliphatic carboxylic acids is 1. The van der Waals surface area contributed by atoms with Crippen LogP contribution in [0.15, 0.2) is 24.3 Å². The molecule has 102 valence electrons. The number of hydrogen-bond acceptors (Lipinski definition) is 4. The van der Waals surface area contributed by atoms with Crippen LogP contribution in [0.3, 0.4) is 0 Å². The fourth-order valence-corrected chi connectivity index (χ4v) is 1.54. The Morgan fingerprint density at radius 3 is 2.26 bits per heavy atom. The van der Waals surface area contributed by atoms with Crippen LogP contribution in [-0.4, -0.2) is 33.9 Å². The van der Waals surface area contributed by atoms with Gasteiger partial charge >= 0.3 is 5.97 Å². The van der Waals surface area contributed by atoms with Gasteiger partial charge in [-0.1, -0.05) is 12.1 Å². The molecule has 0 fully saturated rings. The Hall–Kier alpha value is -2.37. The third-order valence-electron chi connectivity index (χ3n) is 2.42. The summed E-state index contributed by atoms with van der Waals surface area (Å²) in [6, 6.07) is 4.92. The molecule has 0 aromatic heterocycles. The van der Waals surface area contributed by atoms with E-state index in [0.29, 0.717) is 5.56 Å². The molecule has 1 amide bonds. The lowest BCUT2D eigenvalue weighted by Crippen LogP contribution is -2.42. The molecule has 19 heavy (non-hydrogen) atoms. The summed E-state index contributed by atoms with van der Waals surface area (Å²) >= 11 is 0. The second kappa shape index (κ2) is 6.53. The quantitative estimate of drug-likeness (QED) is 0.649. The summed E-state index contributed by atoms with van der Waals surface area (Å²) in [5.41, 5.74) is 0.660. The Morgan fingerprint density at radius 2 is 1.79 bits per heavy atom. The van der Waals surface area contributed by atoms with Crippen LogP contribution in [0.5, 0.6) is 5.75 Å². The van der Waals surface area contributed by atoms with E-state index in [1.807, 2.05) is 0 Å². The highest BCUT2D eigenvalue weighted by atomic mass is 16.4. The van der Waals surface area contributed by atoms with E-state index in [1.54, 1.807) is 12.1 Å². The highest BCUT2D eigenvalue weighted by Gasteiger charge is 2.20. The first-order valence-corrected chi connectivity index (χ1v) is 5.68. The van der Waals surface area contributed by atoms with E-state index in [4.69, 9.17) is 10.2 Å². The van der Waals surface area contributed by atoms with Crippen molar-refractivity contribution in [1.82, 2.24) is 5.32 Å². The van der Waals surface area contributed by atoms with E-state index in [1.165, 1.54) is 19.1 Å². The van der Waals surface area contributed by atoms with Gasteiger partial charge in [0.05, 0.1) is 6.42 Å². The Balaban J connectivity index is 2.68. The molecular weight excluding hydrogens is 250 g/mol. The number of hydrogen-bond donors (Lipinski definition) is 3. The van der Waals surface area contributed by atoms with Gasteiger partial charge in [-0.25, -0.2) is 4.79 Å². The largest absolute Gasteiger partial charge is 0.508 e. The average Bonchev–Trinajstić information content (AvgIpc) is 2.29. The molecule has 1 rings (SSSR count). The lowest BCUT2D eigenvalue weighted by molar-refractivity contribution is -0.142. The van der Waals surface area contributed by atoms with Crippen LogP contribution in [0.4, 0.5) is 0 Å². The number of rotatable bonds is 6. The first-order valence-electron chi connectivity index (χ1n) is 5.68. The van der Waals surface area contributed by atoms with Crippen molar-refractivity contribution in [3.8, 4) is 5.75 Å². The number of aromatic hydroxyl groups is 1. The number of phenolic OH excluding ortho intramolecular Hbond substituents is 1. The minimum Gasteiger partial charge on any atom is -0.508 e. The Bertz CT molecular complexity index is 480. The van der Waals surface area contributed by atoms with Crippen molar-refractivity contribution in [3.05, 3.63) is 29.8 Å². The van der Waals surface area contributed by atoms with Gasteiger partial charge in [0.2, 0.25) is 5.91 Å². The number of phenols is 1. The second-order valence-electron chi connectivity index (χ2n) is 4.21. The summed E-state index contributed by atoms with van der Waals surface area (Å²) < 4.78 is 0. The monoisotopic (exact) mass is 265 g/mol. The smallest absolute Gasteiger partial charge is 0.326 e. The zero-order valence-electron chi connectivity index (χ0n) is 10.4. The van der Waals surface area contributed by atoms with Crippen molar-refractivity contribution in [2.45, 2.75) is 25.8 Å². The van der Waals surface area contributed by atoms with Crippen LogP contribution in [0.25, 0.3) is 0 Å². The normalized spacial score (nSPS) is 11.6. The van der Waals surface area contributed by atoms with Crippen LogP contribution in [-0.2, 0) is 20.8 Å². The number of amides is 1. The molecule has 0 heterocycles. The molecule has 1 aromatic rings. The zero-order valence-corrected chi connectivity index (χ0v) is 10.4. The lowest BCUT2D eigenvalue weighted by atomic mass is 10.1. The van der Waals surface area contributed by atoms with Gasteiger partial charge in [0, 0.05) is 6.42 Å². The van der Waals surface area contributed by atoms with Crippen LogP contribution in [0.1, 0.15) is 18.9 Å². The third kappa shape index (κ3) is 5.20. The van der Waals surface area contributed by atoms with Gasteiger partial charge in [-0.15, -0.1) is 0 Å². The van der Waals surface area contributed by atoms with Gasteiger partial charge in [0.15, 0.2) is 0 Å². The van der Waals surface area contributed by atoms with Gasteiger partial charge in [-0.05, 0) is 24.6 Å². The van der Waals surface area contributed by atoms with Crippen LogP contribution in [0.2, 0.25) is 0 Å². The molecule has 3 N–H and O–H groups in total. The van der Waals surface area contributed by atoms with Crippen molar-refractivity contribution < 1.29 is 24.6 Å². The van der Waals surface area contributed by atoms with Gasteiger partial charge in [-0.2, -0.15) is 0 Å². The standard InChI is InChI=1S/C13H15NO5/c1-8(15)6-12(17)14-11(13(18)19)7-9-2-4-10(16)5-3-9/h2-5,11,16H,6-7H2,1H3,(H,14,17)(H,18,19). The molecule has 0 aliphatic carbocycles. The maximum atomic E-state index is 11.4. The predicted octanol–water partition coefficient (Wildman–Crippen LogP) is 0.483. The molecule has 0 saturated heterocycles. The summed E-state index contributed by atoms with van der Waals surface area (Å²) in [5.74, 6) is -2.04. The van der Waals surface area contributed by atoms with Crippen molar-refractivity contribution in [2.24, 2.45) is 0 Å².